The number of methoxy groups -OCH3 is 1. The topological polar surface area (TPSA) is 9.23 Å². The minimum Gasteiger partial charge on any atom is -0.497 e. The first-order valence-corrected chi connectivity index (χ1v) is 4.59. The minimum absolute atomic E-state index is 0.885. The molecule has 0 amide bonds. The first kappa shape index (κ1) is 8.60. The van der Waals surface area contributed by atoms with Crippen LogP contribution in [0.4, 0.5) is 0 Å². The van der Waals surface area contributed by atoms with Crippen LogP contribution in [0.2, 0.25) is 0 Å². The maximum atomic E-state index is 5.09. The molecule has 1 rings (SSSR count). The van der Waals surface area contributed by atoms with E-state index in [1.54, 1.807) is 7.11 Å². The van der Waals surface area contributed by atoms with Crippen LogP contribution < -0.4 is 4.74 Å². The van der Waals surface area contributed by atoms with Crippen molar-refractivity contribution >= 4 is 15.9 Å². The standard InChI is InChI=1S/C9H11BrO/c1-7-3-4-9(11-2)5-8(7)6-10/h3-5H,6H2,1-2H3. The van der Waals surface area contributed by atoms with Gasteiger partial charge in [-0.15, -0.1) is 0 Å². The molecule has 0 aliphatic rings. The predicted molar refractivity (Wildman–Crippen MR) is 50.4 cm³/mol. The van der Waals surface area contributed by atoms with Crippen LogP contribution in [-0.4, -0.2) is 7.11 Å². The Morgan fingerprint density at radius 1 is 1.45 bits per heavy atom. The Kier molecular flexibility index (Phi) is 2.94. The molecule has 0 unspecified atom stereocenters. The van der Waals surface area contributed by atoms with E-state index in [2.05, 4.69) is 28.9 Å². The molecular formula is C9H11BrO. The van der Waals surface area contributed by atoms with Crippen molar-refractivity contribution in [3.63, 3.8) is 0 Å². The Labute approximate surface area is 75.5 Å². The number of alkyl halides is 1. The molecule has 1 aromatic rings. The average molecular weight is 215 g/mol. The van der Waals surface area contributed by atoms with Crippen molar-refractivity contribution in [2.75, 3.05) is 7.11 Å². The molecule has 0 aliphatic heterocycles. The van der Waals surface area contributed by atoms with Crippen LogP contribution in [0.5, 0.6) is 5.75 Å². The van der Waals surface area contributed by atoms with Gasteiger partial charge in [0.1, 0.15) is 5.75 Å². The lowest BCUT2D eigenvalue weighted by Gasteiger charge is -2.04. The zero-order valence-corrected chi connectivity index (χ0v) is 8.31. The van der Waals surface area contributed by atoms with Gasteiger partial charge >= 0.3 is 0 Å². The van der Waals surface area contributed by atoms with Gasteiger partial charge in [-0.2, -0.15) is 0 Å². The number of halogens is 1. The second kappa shape index (κ2) is 3.77. The summed E-state index contributed by atoms with van der Waals surface area (Å²) in [7, 11) is 1.68. The van der Waals surface area contributed by atoms with Gasteiger partial charge in [-0.05, 0) is 30.2 Å². The molecule has 0 radical (unpaired) electrons. The highest BCUT2D eigenvalue weighted by Crippen LogP contribution is 2.18. The van der Waals surface area contributed by atoms with E-state index >= 15 is 0 Å². The van der Waals surface area contributed by atoms with Crippen LogP contribution in [0, 0.1) is 6.92 Å². The summed E-state index contributed by atoms with van der Waals surface area (Å²) in [5.41, 5.74) is 2.58. The molecule has 0 fully saturated rings. The second-order valence-electron chi connectivity index (χ2n) is 2.43. The summed E-state index contributed by atoms with van der Waals surface area (Å²) in [5.74, 6) is 0.921. The first-order valence-electron chi connectivity index (χ1n) is 3.47. The fourth-order valence-electron chi connectivity index (χ4n) is 0.919. The van der Waals surface area contributed by atoms with Crippen molar-refractivity contribution in [3.05, 3.63) is 29.3 Å². The zero-order chi connectivity index (χ0) is 8.27. The van der Waals surface area contributed by atoms with Gasteiger partial charge in [0, 0.05) is 5.33 Å². The molecule has 0 aromatic heterocycles. The first-order chi connectivity index (χ1) is 5.27. The maximum absolute atomic E-state index is 5.09. The highest BCUT2D eigenvalue weighted by atomic mass is 79.9. The molecule has 0 atom stereocenters. The number of ether oxygens (including phenoxy) is 1. The molecule has 0 N–H and O–H groups in total. The molecule has 0 bridgehead atoms. The van der Waals surface area contributed by atoms with Gasteiger partial charge in [0.05, 0.1) is 7.11 Å². The molecule has 1 aromatic carbocycles. The quantitative estimate of drug-likeness (QED) is 0.689. The summed E-state index contributed by atoms with van der Waals surface area (Å²) < 4.78 is 5.09. The second-order valence-corrected chi connectivity index (χ2v) is 2.99. The summed E-state index contributed by atoms with van der Waals surface area (Å²) in [4.78, 5) is 0. The van der Waals surface area contributed by atoms with Gasteiger partial charge in [-0.1, -0.05) is 22.0 Å². The van der Waals surface area contributed by atoms with Crippen LogP contribution in [0.1, 0.15) is 11.1 Å². The normalized spacial score (nSPS) is 9.73. The van der Waals surface area contributed by atoms with Crippen molar-refractivity contribution in [1.29, 1.82) is 0 Å². The van der Waals surface area contributed by atoms with Crippen LogP contribution in [0.15, 0.2) is 18.2 Å². The van der Waals surface area contributed by atoms with E-state index in [9.17, 15) is 0 Å². The Hall–Kier alpha value is -0.500. The van der Waals surface area contributed by atoms with Crippen molar-refractivity contribution < 1.29 is 4.74 Å². The van der Waals surface area contributed by atoms with Crippen molar-refractivity contribution in [2.45, 2.75) is 12.3 Å². The van der Waals surface area contributed by atoms with Gasteiger partial charge < -0.3 is 4.74 Å². The van der Waals surface area contributed by atoms with E-state index < -0.39 is 0 Å². The van der Waals surface area contributed by atoms with Crippen molar-refractivity contribution in [1.82, 2.24) is 0 Å². The molecule has 0 saturated heterocycles. The van der Waals surface area contributed by atoms with Gasteiger partial charge in [-0.3, -0.25) is 0 Å². The highest BCUT2D eigenvalue weighted by molar-refractivity contribution is 9.08. The van der Waals surface area contributed by atoms with Crippen molar-refractivity contribution in [2.24, 2.45) is 0 Å². The van der Waals surface area contributed by atoms with Crippen LogP contribution in [0.3, 0.4) is 0 Å². The van der Waals surface area contributed by atoms with Gasteiger partial charge in [0.15, 0.2) is 0 Å². The lowest BCUT2D eigenvalue weighted by atomic mass is 10.1. The zero-order valence-electron chi connectivity index (χ0n) is 6.73. The molecule has 1 nitrogen and oxygen atoms in total. The third-order valence-corrected chi connectivity index (χ3v) is 2.30. The van der Waals surface area contributed by atoms with Crippen LogP contribution >= 0.6 is 15.9 Å². The fourth-order valence-corrected chi connectivity index (χ4v) is 1.52. The van der Waals surface area contributed by atoms with E-state index in [1.165, 1.54) is 11.1 Å². The summed E-state index contributed by atoms with van der Waals surface area (Å²) in [6.45, 7) is 2.09. The van der Waals surface area contributed by atoms with E-state index in [0.717, 1.165) is 11.1 Å². The Morgan fingerprint density at radius 3 is 2.73 bits per heavy atom. The highest BCUT2D eigenvalue weighted by Gasteiger charge is 1.97. The van der Waals surface area contributed by atoms with E-state index in [4.69, 9.17) is 4.74 Å². The van der Waals surface area contributed by atoms with Gasteiger partial charge in [0.2, 0.25) is 0 Å². The minimum atomic E-state index is 0.885. The fraction of sp³-hybridized carbons (Fsp3) is 0.333. The number of benzene rings is 1. The van der Waals surface area contributed by atoms with E-state index in [1.807, 2.05) is 12.1 Å². The molecular weight excluding hydrogens is 204 g/mol. The summed E-state index contributed by atoms with van der Waals surface area (Å²) in [6, 6.07) is 6.08. The Bertz CT molecular complexity index is 245. The predicted octanol–water partition coefficient (Wildman–Crippen LogP) is 2.90. The average Bonchev–Trinajstić information content (AvgIpc) is 2.05. The third-order valence-electron chi connectivity index (χ3n) is 1.70. The lowest BCUT2D eigenvalue weighted by Crippen LogP contribution is -1.87. The van der Waals surface area contributed by atoms with E-state index in [0.29, 0.717) is 0 Å². The SMILES string of the molecule is COc1ccc(C)c(CBr)c1. The van der Waals surface area contributed by atoms with Gasteiger partial charge in [-0.25, -0.2) is 0 Å². The largest absolute Gasteiger partial charge is 0.497 e. The van der Waals surface area contributed by atoms with E-state index in [-0.39, 0.29) is 0 Å². The number of hydrogen-bond donors (Lipinski definition) is 0. The van der Waals surface area contributed by atoms with Gasteiger partial charge in [0.25, 0.3) is 0 Å². The molecule has 2 heteroatoms. The summed E-state index contributed by atoms with van der Waals surface area (Å²) in [5, 5.41) is 0.885. The molecule has 0 saturated carbocycles. The molecule has 0 spiro atoms. The Morgan fingerprint density at radius 2 is 2.18 bits per heavy atom. The number of rotatable bonds is 2. The summed E-state index contributed by atoms with van der Waals surface area (Å²) in [6.07, 6.45) is 0. The Balaban J connectivity index is 3.02. The van der Waals surface area contributed by atoms with Crippen molar-refractivity contribution in [3.8, 4) is 5.75 Å². The maximum Gasteiger partial charge on any atom is 0.119 e. The smallest absolute Gasteiger partial charge is 0.119 e. The third kappa shape index (κ3) is 1.96. The number of hydrogen-bond acceptors (Lipinski definition) is 1. The molecule has 11 heavy (non-hydrogen) atoms. The monoisotopic (exact) mass is 214 g/mol. The van der Waals surface area contributed by atoms with Crippen LogP contribution in [-0.2, 0) is 5.33 Å². The number of aryl methyl sites for hydroxylation is 1. The lowest BCUT2D eigenvalue weighted by molar-refractivity contribution is 0.414. The molecule has 60 valence electrons. The summed E-state index contributed by atoms with van der Waals surface area (Å²) >= 11 is 3.42. The van der Waals surface area contributed by atoms with Crippen LogP contribution in [0.25, 0.3) is 0 Å². The molecule has 0 heterocycles. The molecule has 0 aliphatic carbocycles.